The predicted octanol–water partition coefficient (Wildman–Crippen LogP) is 8.03. The molecule has 1 unspecified atom stereocenters. The molecule has 0 amide bonds. The van der Waals surface area contributed by atoms with Crippen LogP contribution in [-0.4, -0.2) is 19.9 Å². The van der Waals surface area contributed by atoms with Gasteiger partial charge in [-0.05, 0) is 46.4 Å². The maximum Gasteiger partial charge on any atom is 0.164 e. The van der Waals surface area contributed by atoms with Crippen molar-refractivity contribution in [1.29, 1.82) is 0 Å². The van der Waals surface area contributed by atoms with E-state index in [2.05, 4.69) is 104 Å². The topological polar surface area (TPSA) is 51.6 Å². The minimum absolute atomic E-state index is 0.0908. The lowest BCUT2D eigenvalue weighted by Gasteiger charge is -2.21. The van der Waals surface area contributed by atoms with Crippen molar-refractivity contribution in [2.45, 2.75) is 31.6 Å². The Morgan fingerprint density at radius 3 is 2.21 bits per heavy atom. The Balaban J connectivity index is 1.43. The van der Waals surface area contributed by atoms with Gasteiger partial charge in [0.1, 0.15) is 0 Å². The van der Waals surface area contributed by atoms with E-state index in [0.717, 1.165) is 23.1 Å². The molecule has 4 nitrogen and oxygen atoms in total. The Morgan fingerprint density at radius 2 is 1.36 bits per heavy atom. The summed E-state index contributed by atoms with van der Waals surface area (Å²) < 4.78 is 0. The number of pyridine rings is 1. The standard InChI is InChI=1S/C35H28N4/c1-35(2)29-16-7-6-14-27(29)31-28(15-9-17-30(31)35)34-38-32(24-10-4-3-5-11-24)37-33(39-34)26-13-8-12-25(22-26)23-18-20-36-21-19-23/h3-11,13-22,25H,12H2,1-2H3. The zero-order valence-electron chi connectivity index (χ0n) is 22.0. The van der Waals surface area contributed by atoms with Crippen molar-refractivity contribution < 1.29 is 0 Å². The van der Waals surface area contributed by atoms with Gasteiger partial charge in [0, 0.05) is 40.4 Å². The molecule has 3 aromatic carbocycles. The molecule has 5 aromatic rings. The van der Waals surface area contributed by atoms with Crippen molar-refractivity contribution in [2.24, 2.45) is 0 Å². The molecule has 2 heterocycles. The molecule has 4 heteroatoms. The molecule has 0 saturated carbocycles. The van der Waals surface area contributed by atoms with Crippen molar-refractivity contribution >= 4 is 5.57 Å². The molecule has 2 aromatic heterocycles. The van der Waals surface area contributed by atoms with Gasteiger partial charge in [-0.3, -0.25) is 4.98 Å². The van der Waals surface area contributed by atoms with Crippen LogP contribution in [0.25, 0.3) is 39.5 Å². The van der Waals surface area contributed by atoms with Crippen LogP contribution in [0.4, 0.5) is 0 Å². The smallest absolute Gasteiger partial charge is 0.164 e. The summed E-state index contributed by atoms with van der Waals surface area (Å²) in [5, 5.41) is 0. The molecular formula is C35H28N4. The lowest BCUT2D eigenvalue weighted by atomic mass is 9.82. The first-order chi connectivity index (χ1) is 19.1. The van der Waals surface area contributed by atoms with Gasteiger partial charge in [-0.2, -0.15) is 0 Å². The molecule has 2 aliphatic carbocycles. The van der Waals surface area contributed by atoms with Crippen LogP contribution in [-0.2, 0) is 5.41 Å². The van der Waals surface area contributed by atoms with E-state index in [9.17, 15) is 0 Å². The van der Waals surface area contributed by atoms with E-state index in [4.69, 9.17) is 15.0 Å². The fourth-order valence-corrected chi connectivity index (χ4v) is 5.96. The molecule has 2 aliphatic rings. The average molecular weight is 505 g/mol. The molecule has 0 fully saturated rings. The van der Waals surface area contributed by atoms with Gasteiger partial charge in [0.05, 0.1) is 0 Å². The fourth-order valence-electron chi connectivity index (χ4n) is 5.96. The van der Waals surface area contributed by atoms with E-state index in [-0.39, 0.29) is 11.3 Å². The lowest BCUT2D eigenvalue weighted by Crippen LogP contribution is -2.14. The Kier molecular flexibility index (Phi) is 5.55. The van der Waals surface area contributed by atoms with Gasteiger partial charge in [-0.15, -0.1) is 0 Å². The van der Waals surface area contributed by atoms with Crippen molar-refractivity contribution in [3.63, 3.8) is 0 Å². The Morgan fingerprint density at radius 1 is 0.667 bits per heavy atom. The molecule has 39 heavy (non-hydrogen) atoms. The molecule has 1 atom stereocenters. The third kappa shape index (κ3) is 4.00. The zero-order valence-corrected chi connectivity index (χ0v) is 22.0. The lowest BCUT2D eigenvalue weighted by molar-refractivity contribution is 0.660. The van der Waals surface area contributed by atoms with E-state index in [1.54, 1.807) is 0 Å². The van der Waals surface area contributed by atoms with E-state index in [1.165, 1.54) is 27.8 Å². The number of allylic oxidation sites excluding steroid dienone is 4. The highest BCUT2D eigenvalue weighted by Gasteiger charge is 2.37. The maximum atomic E-state index is 5.13. The zero-order chi connectivity index (χ0) is 26.4. The van der Waals surface area contributed by atoms with Crippen LogP contribution >= 0.6 is 0 Å². The normalized spacial score (nSPS) is 16.9. The van der Waals surface area contributed by atoms with Crippen LogP contribution in [0.2, 0.25) is 0 Å². The number of fused-ring (bicyclic) bond motifs is 3. The summed E-state index contributed by atoms with van der Waals surface area (Å²) in [5.41, 5.74) is 9.29. The van der Waals surface area contributed by atoms with Gasteiger partial charge >= 0.3 is 0 Å². The highest BCUT2D eigenvalue weighted by molar-refractivity contribution is 5.91. The largest absolute Gasteiger partial charge is 0.265 e. The van der Waals surface area contributed by atoms with E-state index < -0.39 is 0 Å². The molecule has 0 bridgehead atoms. The number of rotatable bonds is 4. The summed E-state index contributed by atoms with van der Waals surface area (Å²) in [6.07, 6.45) is 11.3. The SMILES string of the molecule is CC1(C)c2ccccc2-c2c(-c3nc(C4=CC(c5ccncc5)CC=C4)nc(-c4ccccc4)n3)cccc21. The number of aromatic nitrogens is 4. The summed E-state index contributed by atoms with van der Waals surface area (Å²) in [7, 11) is 0. The molecule has 0 aliphatic heterocycles. The second kappa shape index (κ2) is 9.25. The number of hydrogen-bond acceptors (Lipinski definition) is 4. The van der Waals surface area contributed by atoms with Gasteiger partial charge in [-0.1, -0.05) is 105 Å². The highest BCUT2D eigenvalue weighted by Crippen LogP contribution is 2.51. The van der Waals surface area contributed by atoms with Crippen LogP contribution in [0.1, 0.15) is 48.7 Å². The Bertz CT molecular complexity index is 1750. The summed E-state index contributed by atoms with van der Waals surface area (Å²) in [5.74, 6) is 2.32. The second-order valence-corrected chi connectivity index (χ2v) is 10.7. The van der Waals surface area contributed by atoms with Crippen LogP contribution in [0.5, 0.6) is 0 Å². The van der Waals surface area contributed by atoms with E-state index in [0.29, 0.717) is 17.5 Å². The minimum atomic E-state index is -0.0908. The Labute approximate surface area is 228 Å². The van der Waals surface area contributed by atoms with Crippen molar-refractivity contribution in [2.75, 3.05) is 0 Å². The van der Waals surface area contributed by atoms with Crippen molar-refractivity contribution in [3.05, 3.63) is 138 Å². The van der Waals surface area contributed by atoms with Crippen molar-refractivity contribution in [3.8, 4) is 33.9 Å². The average Bonchev–Trinajstić information content (AvgIpc) is 3.24. The van der Waals surface area contributed by atoms with Crippen molar-refractivity contribution in [1.82, 2.24) is 19.9 Å². The van der Waals surface area contributed by atoms with Crippen LogP contribution in [0.3, 0.4) is 0 Å². The molecule has 188 valence electrons. The third-order valence-electron chi connectivity index (χ3n) is 7.98. The second-order valence-electron chi connectivity index (χ2n) is 10.7. The Hall–Kier alpha value is -4.70. The first-order valence-corrected chi connectivity index (χ1v) is 13.4. The first kappa shape index (κ1) is 23.4. The minimum Gasteiger partial charge on any atom is -0.265 e. The molecular weight excluding hydrogens is 476 g/mol. The van der Waals surface area contributed by atoms with Crippen LogP contribution in [0, 0.1) is 0 Å². The van der Waals surface area contributed by atoms with Crippen LogP contribution in [0.15, 0.2) is 116 Å². The van der Waals surface area contributed by atoms with Gasteiger partial charge in [0.2, 0.25) is 0 Å². The summed E-state index contributed by atoms with van der Waals surface area (Å²) in [6.45, 7) is 4.60. The number of hydrogen-bond donors (Lipinski definition) is 0. The summed E-state index contributed by atoms with van der Waals surface area (Å²) >= 11 is 0. The van der Waals surface area contributed by atoms with Crippen LogP contribution < -0.4 is 0 Å². The van der Waals surface area contributed by atoms with Gasteiger partial charge in [0.25, 0.3) is 0 Å². The number of benzene rings is 3. The highest BCUT2D eigenvalue weighted by atomic mass is 15.0. The van der Waals surface area contributed by atoms with E-state index in [1.807, 2.05) is 30.6 Å². The summed E-state index contributed by atoms with van der Waals surface area (Å²) in [4.78, 5) is 19.4. The third-order valence-corrected chi connectivity index (χ3v) is 7.98. The summed E-state index contributed by atoms with van der Waals surface area (Å²) in [6, 6.07) is 29.6. The molecule has 7 rings (SSSR count). The predicted molar refractivity (Wildman–Crippen MR) is 157 cm³/mol. The van der Waals surface area contributed by atoms with Gasteiger partial charge in [0.15, 0.2) is 17.5 Å². The van der Waals surface area contributed by atoms with E-state index >= 15 is 0 Å². The molecule has 0 radical (unpaired) electrons. The van der Waals surface area contributed by atoms with Gasteiger partial charge < -0.3 is 0 Å². The number of nitrogens with zero attached hydrogens (tertiary/aromatic N) is 4. The van der Waals surface area contributed by atoms with Gasteiger partial charge in [-0.25, -0.2) is 15.0 Å². The fraction of sp³-hybridized carbons (Fsp3) is 0.143. The first-order valence-electron chi connectivity index (χ1n) is 13.4. The molecule has 0 spiro atoms. The molecule has 0 saturated heterocycles. The molecule has 0 N–H and O–H groups in total. The quantitative estimate of drug-likeness (QED) is 0.249. The maximum absolute atomic E-state index is 5.13. The monoisotopic (exact) mass is 504 g/mol.